The Balaban J connectivity index is 2.93. The van der Waals surface area contributed by atoms with Gasteiger partial charge in [-0.05, 0) is 6.92 Å². The molecule has 0 aliphatic carbocycles. The van der Waals surface area contributed by atoms with Gasteiger partial charge in [0.15, 0.2) is 5.69 Å². The highest BCUT2D eigenvalue weighted by Gasteiger charge is 2.15. The van der Waals surface area contributed by atoms with Crippen LogP contribution in [0.2, 0.25) is 0 Å². The minimum Gasteiger partial charge on any atom is -0.219 e. The number of quaternary nitrogens is 1. The molecule has 0 fully saturated rings. The maximum Gasteiger partial charge on any atom is 0.151 e. The van der Waals surface area contributed by atoms with Gasteiger partial charge in [-0.15, -0.1) is 0 Å². The van der Waals surface area contributed by atoms with Gasteiger partial charge in [-0.3, -0.25) is 0 Å². The van der Waals surface area contributed by atoms with Crippen molar-refractivity contribution in [1.82, 2.24) is 4.59 Å². The number of para-hydroxylation sites is 1. The largest absolute Gasteiger partial charge is 0.219 e. The van der Waals surface area contributed by atoms with Gasteiger partial charge < -0.3 is 0 Å². The van der Waals surface area contributed by atoms with Crippen LogP contribution in [0.15, 0.2) is 30.3 Å². The molecule has 0 aromatic heterocycles. The lowest BCUT2D eigenvalue weighted by atomic mass is 10.3. The fraction of sp³-hybridized carbons (Fsp3) is 0.333. The van der Waals surface area contributed by atoms with Gasteiger partial charge in [0.2, 0.25) is 0 Å². The molecule has 1 unspecified atom stereocenters. The van der Waals surface area contributed by atoms with E-state index in [1.807, 2.05) is 37.4 Å². The summed E-state index contributed by atoms with van der Waals surface area (Å²) in [4.78, 5) is 0. The molecule has 0 aliphatic heterocycles. The fourth-order valence-corrected chi connectivity index (χ4v) is 0.951. The van der Waals surface area contributed by atoms with E-state index in [9.17, 15) is 0 Å². The molecule has 0 amide bonds. The van der Waals surface area contributed by atoms with Gasteiger partial charge in [0.1, 0.15) is 0 Å². The zero-order chi connectivity index (χ0) is 8.32. The molecule has 0 spiro atoms. The highest BCUT2D eigenvalue weighted by atomic mass is 15.6. The lowest BCUT2D eigenvalue weighted by Crippen LogP contribution is -2.51. The Morgan fingerprint density at radius 1 is 1.27 bits per heavy atom. The van der Waals surface area contributed by atoms with E-state index in [1.54, 1.807) is 0 Å². The summed E-state index contributed by atoms with van der Waals surface area (Å²) in [6.45, 7) is 2.98. The summed E-state index contributed by atoms with van der Waals surface area (Å²) in [5.41, 5.74) is 1.15. The van der Waals surface area contributed by atoms with Crippen molar-refractivity contribution in [3.8, 4) is 0 Å². The predicted molar refractivity (Wildman–Crippen MR) is 48.9 cm³/mol. The first kappa shape index (κ1) is 8.24. The first-order chi connectivity index (χ1) is 5.17. The molecule has 0 bridgehead atoms. The zero-order valence-electron chi connectivity index (χ0n) is 7.12. The van der Waals surface area contributed by atoms with Crippen molar-refractivity contribution in [2.45, 2.75) is 6.92 Å². The molecule has 2 nitrogen and oxygen atoms in total. The van der Waals surface area contributed by atoms with Crippen molar-refractivity contribution in [2.24, 2.45) is 5.84 Å². The second-order valence-corrected chi connectivity index (χ2v) is 2.92. The maximum atomic E-state index is 5.97. The van der Waals surface area contributed by atoms with Gasteiger partial charge in [0.05, 0.1) is 13.6 Å². The van der Waals surface area contributed by atoms with Gasteiger partial charge in [-0.1, -0.05) is 18.2 Å². The van der Waals surface area contributed by atoms with Crippen LogP contribution in [0.25, 0.3) is 0 Å². The first-order valence-corrected chi connectivity index (χ1v) is 3.86. The molecular formula is C9H15N2+. The summed E-state index contributed by atoms with van der Waals surface area (Å²) >= 11 is 0. The molecule has 0 saturated heterocycles. The Kier molecular flexibility index (Phi) is 2.27. The average Bonchev–Trinajstić information content (AvgIpc) is 2.06. The van der Waals surface area contributed by atoms with Crippen LogP contribution in [0.4, 0.5) is 5.69 Å². The van der Waals surface area contributed by atoms with Gasteiger partial charge >= 0.3 is 0 Å². The minimum atomic E-state index is 0.459. The van der Waals surface area contributed by atoms with Crippen molar-refractivity contribution in [3.63, 3.8) is 0 Å². The Morgan fingerprint density at radius 3 is 2.27 bits per heavy atom. The lowest BCUT2D eigenvalue weighted by molar-refractivity contribution is 0.361. The lowest BCUT2D eigenvalue weighted by Gasteiger charge is -2.25. The summed E-state index contributed by atoms with van der Waals surface area (Å²) < 4.78 is 0.459. The molecule has 60 valence electrons. The fourth-order valence-electron chi connectivity index (χ4n) is 0.951. The van der Waals surface area contributed by atoms with Crippen LogP contribution in [-0.4, -0.2) is 13.6 Å². The molecule has 1 atom stereocenters. The van der Waals surface area contributed by atoms with E-state index >= 15 is 0 Å². The summed E-state index contributed by atoms with van der Waals surface area (Å²) in [6.07, 6.45) is 0. The van der Waals surface area contributed by atoms with Gasteiger partial charge in [0.25, 0.3) is 0 Å². The summed E-state index contributed by atoms with van der Waals surface area (Å²) in [5, 5.41) is 0. The molecule has 0 heterocycles. The Hall–Kier alpha value is -0.860. The Bertz CT molecular complexity index is 216. The highest BCUT2D eigenvalue weighted by molar-refractivity contribution is 5.40. The van der Waals surface area contributed by atoms with E-state index in [0.29, 0.717) is 4.59 Å². The average molecular weight is 151 g/mol. The topological polar surface area (TPSA) is 26.0 Å². The third-order valence-electron chi connectivity index (χ3n) is 2.00. The van der Waals surface area contributed by atoms with Crippen LogP contribution in [0.3, 0.4) is 0 Å². The van der Waals surface area contributed by atoms with Crippen molar-refractivity contribution in [1.29, 1.82) is 0 Å². The summed E-state index contributed by atoms with van der Waals surface area (Å²) in [7, 11) is 2.00. The summed E-state index contributed by atoms with van der Waals surface area (Å²) in [5.74, 6) is 5.97. The van der Waals surface area contributed by atoms with Gasteiger partial charge in [0, 0.05) is 12.1 Å². The van der Waals surface area contributed by atoms with Gasteiger partial charge in [-0.25, -0.2) is 4.59 Å². The SMILES string of the molecule is CC[N+](C)(N)c1ccccc1. The predicted octanol–water partition coefficient (Wildman–Crippen LogP) is 1.52. The van der Waals surface area contributed by atoms with Crippen molar-refractivity contribution in [2.75, 3.05) is 13.6 Å². The second-order valence-electron chi connectivity index (χ2n) is 2.92. The van der Waals surface area contributed by atoms with Gasteiger partial charge in [-0.2, -0.15) is 5.84 Å². The number of rotatable bonds is 2. The number of nitrogens with zero attached hydrogens (tertiary/aromatic N) is 1. The number of hydrogen-bond acceptors (Lipinski definition) is 1. The number of benzene rings is 1. The maximum absolute atomic E-state index is 5.97. The van der Waals surface area contributed by atoms with E-state index in [0.717, 1.165) is 12.2 Å². The number of hydrogen-bond donors (Lipinski definition) is 1. The van der Waals surface area contributed by atoms with Crippen molar-refractivity contribution in [3.05, 3.63) is 30.3 Å². The second kappa shape index (κ2) is 3.03. The van der Waals surface area contributed by atoms with E-state index in [-0.39, 0.29) is 0 Å². The van der Waals surface area contributed by atoms with E-state index < -0.39 is 0 Å². The van der Waals surface area contributed by atoms with Crippen LogP contribution in [0.5, 0.6) is 0 Å². The molecule has 0 radical (unpaired) electrons. The molecule has 0 aliphatic rings. The molecule has 2 N–H and O–H groups in total. The Morgan fingerprint density at radius 2 is 1.82 bits per heavy atom. The first-order valence-electron chi connectivity index (χ1n) is 3.86. The van der Waals surface area contributed by atoms with E-state index in [4.69, 9.17) is 5.84 Å². The summed E-state index contributed by atoms with van der Waals surface area (Å²) in [6, 6.07) is 10.1. The third kappa shape index (κ3) is 1.79. The highest BCUT2D eigenvalue weighted by Crippen LogP contribution is 2.14. The molecule has 0 saturated carbocycles. The monoisotopic (exact) mass is 151 g/mol. The van der Waals surface area contributed by atoms with Crippen LogP contribution in [-0.2, 0) is 0 Å². The quantitative estimate of drug-likeness (QED) is 0.387. The smallest absolute Gasteiger partial charge is 0.151 e. The molecular weight excluding hydrogens is 136 g/mol. The zero-order valence-corrected chi connectivity index (χ0v) is 7.12. The third-order valence-corrected chi connectivity index (χ3v) is 2.00. The molecule has 1 aromatic rings. The van der Waals surface area contributed by atoms with Crippen LogP contribution in [0, 0.1) is 0 Å². The number of nitrogens with two attached hydrogens (primary N) is 1. The standard InChI is InChI=1S/C9H15N2/c1-3-11(2,10)9-7-5-4-6-8-9/h4-8H,3,10H2,1-2H3/q+1. The Labute approximate surface area is 67.8 Å². The minimum absolute atomic E-state index is 0.459. The normalized spacial score (nSPS) is 15.9. The van der Waals surface area contributed by atoms with Crippen molar-refractivity contribution >= 4 is 5.69 Å². The van der Waals surface area contributed by atoms with Crippen LogP contribution in [0.1, 0.15) is 6.92 Å². The molecule has 1 aromatic carbocycles. The van der Waals surface area contributed by atoms with Crippen LogP contribution >= 0.6 is 0 Å². The van der Waals surface area contributed by atoms with E-state index in [1.165, 1.54) is 0 Å². The molecule has 1 rings (SSSR count). The van der Waals surface area contributed by atoms with E-state index in [2.05, 4.69) is 6.92 Å². The van der Waals surface area contributed by atoms with Crippen LogP contribution < -0.4 is 10.4 Å². The molecule has 2 heteroatoms. The van der Waals surface area contributed by atoms with Crippen molar-refractivity contribution < 1.29 is 0 Å². The molecule has 11 heavy (non-hydrogen) atoms.